The first-order valence-corrected chi connectivity index (χ1v) is 6.27. The molecule has 0 saturated carbocycles. The molecule has 1 heterocycles. The first-order valence-electron chi connectivity index (χ1n) is 5.08. The number of halogens is 2. The van der Waals surface area contributed by atoms with Gasteiger partial charge in [0.2, 0.25) is 5.91 Å². The summed E-state index contributed by atoms with van der Waals surface area (Å²) in [5.41, 5.74) is 5.60. The predicted molar refractivity (Wildman–Crippen MR) is 75.9 cm³/mol. The topological polar surface area (TPSA) is 55.1 Å². The van der Waals surface area contributed by atoms with Crippen LogP contribution in [0.4, 0.5) is 0 Å². The molecule has 0 spiro atoms. The van der Waals surface area contributed by atoms with Gasteiger partial charge in [-0.15, -0.1) is 23.7 Å². The van der Waals surface area contributed by atoms with Gasteiger partial charge in [-0.2, -0.15) is 0 Å². The lowest BCUT2D eigenvalue weighted by Crippen LogP contribution is -2.48. The summed E-state index contributed by atoms with van der Waals surface area (Å²) in [6, 6.07) is 3.22. The maximum atomic E-state index is 11.7. The van der Waals surface area contributed by atoms with Gasteiger partial charge in [0.1, 0.15) is 0 Å². The highest BCUT2D eigenvalue weighted by molar-refractivity contribution is 7.16. The Bertz CT molecular complexity index is 374. The van der Waals surface area contributed by atoms with Gasteiger partial charge in [-0.1, -0.05) is 32.4 Å². The maximum Gasteiger partial charge on any atom is 0.237 e. The Hall–Kier alpha value is -0.290. The molecule has 98 valence electrons. The van der Waals surface area contributed by atoms with Gasteiger partial charge in [0.05, 0.1) is 16.9 Å². The second-order valence-electron chi connectivity index (χ2n) is 4.77. The first kappa shape index (κ1) is 16.7. The SMILES string of the molecule is CC(C)(C)[C@H](N)C(=O)NCc1ccc(Cl)s1.Cl. The van der Waals surface area contributed by atoms with Gasteiger partial charge in [0.15, 0.2) is 0 Å². The average molecular weight is 297 g/mol. The zero-order valence-electron chi connectivity index (χ0n) is 10.1. The van der Waals surface area contributed by atoms with Gasteiger partial charge in [-0.25, -0.2) is 0 Å². The highest BCUT2D eigenvalue weighted by Crippen LogP contribution is 2.21. The summed E-state index contributed by atoms with van der Waals surface area (Å²) in [6.45, 7) is 6.32. The second-order valence-corrected chi connectivity index (χ2v) is 6.57. The Morgan fingerprint density at radius 3 is 2.53 bits per heavy atom. The minimum Gasteiger partial charge on any atom is -0.350 e. The van der Waals surface area contributed by atoms with Crippen LogP contribution in [-0.2, 0) is 11.3 Å². The summed E-state index contributed by atoms with van der Waals surface area (Å²) >= 11 is 7.25. The fourth-order valence-electron chi connectivity index (χ4n) is 1.12. The highest BCUT2D eigenvalue weighted by atomic mass is 35.5. The second kappa shape index (κ2) is 6.59. The van der Waals surface area contributed by atoms with Crippen LogP contribution in [0.2, 0.25) is 4.34 Å². The van der Waals surface area contributed by atoms with Crippen LogP contribution in [0.5, 0.6) is 0 Å². The van der Waals surface area contributed by atoms with Crippen LogP contribution in [0.1, 0.15) is 25.6 Å². The number of hydrogen-bond donors (Lipinski definition) is 2. The van der Waals surface area contributed by atoms with E-state index < -0.39 is 6.04 Å². The molecule has 0 saturated heterocycles. The minimum atomic E-state index is -0.497. The number of carbonyl (C=O) groups is 1. The summed E-state index contributed by atoms with van der Waals surface area (Å²) in [6.07, 6.45) is 0. The average Bonchev–Trinajstić information content (AvgIpc) is 2.58. The van der Waals surface area contributed by atoms with Crippen LogP contribution in [0, 0.1) is 5.41 Å². The maximum absolute atomic E-state index is 11.7. The van der Waals surface area contributed by atoms with Crippen molar-refractivity contribution in [2.45, 2.75) is 33.4 Å². The predicted octanol–water partition coefficient (Wildman–Crippen LogP) is 2.81. The zero-order valence-corrected chi connectivity index (χ0v) is 12.5. The largest absolute Gasteiger partial charge is 0.350 e. The molecule has 1 atom stereocenters. The molecular formula is C11H18Cl2N2OS. The summed E-state index contributed by atoms with van der Waals surface area (Å²) < 4.78 is 0.726. The van der Waals surface area contributed by atoms with E-state index in [-0.39, 0.29) is 23.7 Å². The third-order valence-electron chi connectivity index (χ3n) is 2.28. The van der Waals surface area contributed by atoms with E-state index in [2.05, 4.69) is 5.32 Å². The molecule has 6 heteroatoms. The third kappa shape index (κ3) is 5.25. The number of hydrogen-bond acceptors (Lipinski definition) is 3. The summed E-state index contributed by atoms with van der Waals surface area (Å²) in [4.78, 5) is 12.7. The van der Waals surface area contributed by atoms with Gasteiger partial charge >= 0.3 is 0 Å². The van der Waals surface area contributed by atoms with E-state index in [0.717, 1.165) is 9.21 Å². The number of nitrogens with two attached hydrogens (primary N) is 1. The van der Waals surface area contributed by atoms with Gasteiger partial charge < -0.3 is 11.1 Å². The lowest BCUT2D eigenvalue weighted by Gasteiger charge is -2.25. The molecule has 0 aliphatic rings. The zero-order chi connectivity index (χ0) is 12.3. The van der Waals surface area contributed by atoms with Crippen molar-refractivity contribution >= 4 is 41.3 Å². The molecule has 3 nitrogen and oxygen atoms in total. The molecule has 0 bridgehead atoms. The van der Waals surface area contributed by atoms with Gasteiger partial charge in [0.25, 0.3) is 0 Å². The van der Waals surface area contributed by atoms with Gasteiger partial charge in [-0.05, 0) is 17.5 Å². The van der Waals surface area contributed by atoms with E-state index in [0.29, 0.717) is 6.54 Å². The molecule has 17 heavy (non-hydrogen) atoms. The Balaban J connectivity index is 0.00000256. The molecule has 0 fully saturated rings. The molecule has 1 amide bonds. The van der Waals surface area contributed by atoms with Crippen molar-refractivity contribution in [3.63, 3.8) is 0 Å². The fourth-order valence-corrected chi connectivity index (χ4v) is 2.15. The van der Waals surface area contributed by atoms with E-state index in [9.17, 15) is 4.79 Å². The molecule has 0 radical (unpaired) electrons. The van der Waals surface area contributed by atoms with Crippen molar-refractivity contribution in [3.8, 4) is 0 Å². The van der Waals surface area contributed by atoms with E-state index in [1.807, 2.05) is 32.9 Å². The molecule has 3 N–H and O–H groups in total. The van der Waals surface area contributed by atoms with E-state index in [1.165, 1.54) is 11.3 Å². The van der Waals surface area contributed by atoms with Crippen LogP contribution in [-0.4, -0.2) is 11.9 Å². The smallest absolute Gasteiger partial charge is 0.237 e. The van der Waals surface area contributed by atoms with Gasteiger partial charge in [0, 0.05) is 4.88 Å². The summed E-state index contributed by atoms with van der Waals surface area (Å²) in [7, 11) is 0. The van der Waals surface area contributed by atoms with Crippen LogP contribution in [0.3, 0.4) is 0 Å². The molecular weight excluding hydrogens is 279 g/mol. The van der Waals surface area contributed by atoms with Crippen molar-refractivity contribution in [3.05, 3.63) is 21.3 Å². The van der Waals surface area contributed by atoms with Crippen molar-refractivity contribution in [2.24, 2.45) is 11.1 Å². The van der Waals surface area contributed by atoms with E-state index in [4.69, 9.17) is 17.3 Å². The minimum absolute atomic E-state index is 0. The lowest BCUT2D eigenvalue weighted by atomic mass is 9.87. The molecule has 1 rings (SSSR count). The van der Waals surface area contributed by atoms with Crippen LogP contribution < -0.4 is 11.1 Å². The Morgan fingerprint density at radius 1 is 1.53 bits per heavy atom. The Kier molecular flexibility index (Phi) is 6.48. The van der Waals surface area contributed by atoms with E-state index >= 15 is 0 Å². The third-order valence-corrected chi connectivity index (χ3v) is 3.51. The normalized spacial score (nSPS) is 12.8. The van der Waals surface area contributed by atoms with Crippen molar-refractivity contribution in [1.82, 2.24) is 5.32 Å². The molecule has 1 aromatic rings. The fraction of sp³-hybridized carbons (Fsp3) is 0.545. The van der Waals surface area contributed by atoms with Gasteiger partial charge in [-0.3, -0.25) is 4.79 Å². The number of rotatable bonds is 3. The van der Waals surface area contributed by atoms with Crippen molar-refractivity contribution in [1.29, 1.82) is 0 Å². The summed E-state index contributed by atoms with van der Waals surface area (Å²) in [5.74, 6) is -0.128. The molecule has 0 aliphatic heterocycles. The Morgan fingerprint density at radius 2 is 2.12 bits per heavy atom. The van der Waals surface area contributed by atoms with E-state index in [1.54, 1.807) is 0 Å². The lowest BCUT2D eigenvalue weighted by molar-refractivity contribution is -0.124. The molecule has 1 aromatic heterocycles. The molecule has 0 aliphatic carbocycles. The van der Waals surface area contributed by atoms with Crippen LogP contribution in [0.25, 0.3) is 0 Å². The van der Waals surface area contributed by atoms with Crippen molar-refractivity contribution in [2.75, 3.05) is 0 Å². The van der Waals surface area contributed by atoms with Crippen molar-refractivity contribution < 1.29 is 4.79 Å². The van der Waals surface area contributed by atoms with Crippen LogP contribution >= 0.6 is 35.3 Å². The molecule has 0 unspecified atom stereocenters. The first-order chi connectivity index (χ1) is 7.30. The summed E-state index contributed by atoms with van der Waals surface area (Å²) in [5, 5.41) is 2.81. The Labute approximate surface area is 117 Å². The molecule has 0 aromatic carbocycles. The monoisotopic (exact) mass is 296 g/mol. The standard InChI is InChI=1S/C11H17ClN2OS.ClH/c1-11(2,3)9(13)10(15)14-6-7-4-5-8(12)16-7;/h4-5,9H,6,13H2,1-3H3,(H,14,15);1H/t9-;/m1./s1. The quantitative estimate of drug-likeness (QED) is 0.901. The number of thiophene rings is 1. The number of amides is 1. The highest BCUT2D eigenvalue weighted by Gasteiger charge is 2.27. The van der Waals surface area contributed by atoms with Crippen LogP contribution in [0.15, 0.2) is 12.1 Å². The number of carbonyl (C=O) groups excluding carboxylic acids is 1. The number of nitrogens with one attached hydrogen (secondary N) is 1.